The molecule has 6 nitrogen and oxygen atoms in total. The van der Waals surface area contributed by atoms with Crippen LogP contribution in [0.25, 0.3) is 11.0 Å². The van der Waals surface area contributed by atoms with Gasteiger partial charge in [0.05, 0.1) is 11.6 Å². The highest BCUT2D eigenvalue weighted by molar-refractivity contribution is 6.20. The van der Waals surface area contributed by atoms with Crippen LogP contribution in [-0.4, -0.2) is 30.9 Å². The second-order valence-electron chi connectivity index (χ2n) is 8.40. The van der Waals surface area contributed by atoms with Crippen molar-refractivity contribution < 1.29 is 27.9 Å². The average Bonchev–Trinajstić information content (AvgIpc) is 3.40. The van der Waals surface area contributed by atoms with E-state index in [1.807, 2.05) is 19.0 Å². The Balaban J connectivity index is 1.66. The van der Waals surface area contributed by atoms with Crippen LogP contribution in [0.15, 0.2) is 88.5 Å². The van der Waals surface area contributed by atoms with Crippen molar-refractivity contribution in [2.45, 2.75) is 6.04 Å². The summed E-state index contributed by atoms with van der Waals surface area (Å²) in [5, 5.41) is 11.5. The van der Waals surface area contributed by atoms with Crippen LogP contribution in [0.5, 0.6) is 0 Å². The molecule has 0 aliphatic carbocycles. The van der Waals surface area contributed by atoms with E-state index in [4.69, 9.17) is 4.42 Å². The Hall–Kier alpha value is -4.46. The molecule has 0 bridgehead atoms. The molecule has 3 aromatic carbocycles. The number of benzene rings is 3. The Bertz CT molecular complexity index is 1470. The number of nitrogens with zero attached hydrogens (tertiary/aromatic N) is 2. The first kappa shape index (κ1) is 22.3. The van der Waals surface area contributed by atoms with Gasteiger partial charge in [0.15, 0.2) is 23.2 Å². The summed E-state index contributed by atoms with van der Waals surface area (Å²) in [6.07, 6.45) is 0. The predicted octanol–water partition coefficient (Wildman–Crippen LogP) is 5.56. The number of ketones is 1. The molecular formula is C27H20F2N2O4. The summed E-state index contributed by atoms with van der Waals surface area (Å²) in [6.45, 7) is 0. The number of fused-ring (bicyclic) bond motifs is 1. The van der Waals surface area contributed by atoms with Crippen LogP contribution in [0.1, 0.15) is 22.2 Å². The van der Waals surface area contributed by atoms with Gasteiger partial charge in [-0.3, -0.25) is 14.5 Å². The predicted molar refractivity (Wildman–Crippen MR) is 128 cm³/mol. The van der Waals surface area contributed by atoms with Gasteiger partial charge >= 0.3 is 0 Å². The van der Waals surface area contributed by atoms with Crippen LogP contribution in [0.4, 0.5) is 20.2 Å². The van der Waals surface area contributed by atoms with Crippen molar-refractivity contribution in [3.8, 4) is 0 Å². The number of hydrogen-bond acceptors (Lipinski definition) is 5. The largest absolute Gasteiger partial charge is 0.503 e. The third kappa shape index (κ3) is 3.73. The van der Waals surface area contributed by atoms with Crippen molar-refractivity contribution in [3.63, 3.8) is 0 Å². The van der Waals surface area contributed by atoms with E-state index in [0.29, 0.717) is 16.5 Å². The zero-order valence-corrected chi connectivity index (χ0v) is 18.8. The van der Waals surface area contributed by atoms with Gasteiger partial charge in [0.1, 0.15) is 5.58 Å². The lowest BCUT2D eigenvalue weighted by atomic mass is 9.94. The van der Waals surface area contributed by atoms with Crippen molar-refractivity contribution >= 4 is 34.0 Å². The molecule has 176 valence electrons. The molecule has 5 rings (SSSR count). The molecule has 1 atom stereocenters. The molecule has 0 fully saturated rings. The lowest BCUT2D eigenvalue weighted by Gasteiger charge is -2.27. The van der Waals surface area contributed by atoms with Gasteiger partial charge in [-0.05, 0) is 42.0 Å². The summed E-state index contributed by atoms with van der Waals surface area (Å²) in [5.74, 6) is -4.66. The first-order chi connectivity index (χ1) is 16.8. The van der Waals surface area contributed by atoms with Gasteiger partial charge in [-0.2, -0.15) is 0 Å². The zero-order chi connectivity index (χ0) is 24.9. The third-order valence-corrected chi connectivity index (χ3v) is 6.01. The van der Waals surface area contributed by atoms with Crippen molar-refractivity contribution in [2.75, 3.05) is 23.9 Å². The van der Waals surface area contributed by atoms with Gasteiger partial charge in [0.25, 0.3) is 5.91 Å². The normalized spacial score (nSPS) is 15.8. The number of Topliss-reactive ketones (excluding diaryl/α,β-unsaturated/α-hetero) is 1. The fourth-order valence-electron chi connectivity index (χ4n) is 4.24. The minimum Gasteiger partial charge on any atom is -0.503 e. The molecule has 1 aliphatic rings. The van der Waals surface area contributed by atoms with Crippen LogP contribution < -0.4 is 9.80 Å². The molecule has 8 heteroatoms. The molecule has 0 spiro atoms. The van der Waals surface area contributed by atoms with E-state index in [1.165, 1.54) is 12.1 Å². The van der Waals surface area contributed by atoms with E-state index in [9.17, 15) is 23.5 Å². The van der Waals surface area contributed by atoms with E-state index >= 15 is 0 Å². The molecule has 1 unspecified atom stereocenters. The Kier molecular flexibility index (Phi) is 5.36. The highest BCUT2D eigenvalue weighted by Gasteiger charge is 2.45. The van der Waals surface area contributed by atoms with Crippen LogP contribution >= 0.6 is 0 Å². The van der Waals surface area contributed by atoms with Crippen molar-refractivity contribution in [3.05, 3.63) is 107 Å². The monoisotopic (exact) mass is 474 g/mol. The number of furan rings is 1. The summed E-state index contributed by atoms with van der Waals surface area (Å²) in [5.41, 5.74) is 1.63. The fourth-order valence-corrected chi connectivity index (χ4v) is 4.24. The van der Waals surface area contributed by atoms with Crippen LogP contribution in [0.2, 0.25) is 0 Å². The molecule has 35 heavy (non-hydrogen) atoms. The molecule has 0 saturated carbocycles. The Labute approximate surface area is 199 Å². The number of anilines is 2. The number of hydrogen-bond donors (Lipinski definition) is 1. The van der Waals surface area contributed by atoms with Gasteiger partial charge in [0.2, 0.25) is 5.78 Å². The highest BCUT2D eigenvalue weighted by atomic mass is 19.2. The van der Waals surface area contributed by atoms with Gasteiger partial charge in [0, 0.05) is 36.9 Å². The molecule has 0 radical (unpaired) electrons. The molecule has 0 saturated heterocycles. The number of amides is 1. The van der Waals surface area contributed by atoms with E-state index in [-0.39, 0.29) is 17.0 Å². The number of aliphatic hydroxyl groups is 1. The second kappa shape index (κ2) is 8.39. The highest BCUT2D eigenvalue weighted by Crippen LogP contribution is 2.43. The van der Waals surface area contributed by atoms with Gasteiger partial charge in [-0.1, -0.05) is 30.3 Å². The number of rotatable bonds is 5. The van der Waals surface area contributed by atoms with E-state index in [0.717, 1.165) is 22.7 Å². The Morgan fingerprint density at radius 2 is 1.69 bits per heavy atom. The first-order valence-electron chi connectivity index (χ1n) is 10.8. The third-order valence-electron chi connectivity index (χ3n) is 6.01. The van der Waals surface area contributed by atoms with Crippen LogP contribution in [0.3, 0.4) is 0 Å². The summed E-state index contributed by atoms with van der Waals surface area (Å²) >= 11 is 0. The Morgan fingerprint density at radius 3 is 2.34 bits per heavy atom. The second-order valence-corrected chi connectivity index (χ2v) is 8.40. The van der Waals surface area contributed by atoms with Crippen molar-refractivity contribution in [1.82, 2.24) is 0 Å². The van der Waals surface area contributed by atoms with Crippen LogP contribution in [-0.2, 0) is 4.79 Å². The summed E-state index contributed by atoms with van der Waals surface area (Å²) < 4.78 is 33.4. The van der Waals surface area contributed by atoms with Gasteiger partial charge in [-0.25, -0.2) is 8.78 Å². The molecular weight excluding hydrogens is 454 g/mol. The van der Waals surface area contributed by atoms with Crippen LogP contribution in [0, 0.1) is 11.6 Å². The smallest absolute Gasteiger partial charge is 0.294 e. The summed E-state index contributed by atoms with van der Waals surface area (Å²) in [4.78, 5) is 29.7. The number of carbonyl (C=O) groups excluding carboxylic acids is 2. The maximum atomic E-state index is 14.1. The van der Waals surface area contributed by atoms with Gasteiger partial charge < -0.3 is 14.4 Å². The molecule has 1 aromatic heterocycles. The minimum absolute atomic E-state index is 0.00505. The van der Waals surface area contributed by atoms with E-state index < -0.39 is 35.1 Å². The average molecular weight is 474 g/mol. The molecule has 1 N–H and O–H groups in total. The topological polar surface area (TPSA) is 74.0 Å². The lowest BCUT2D eigenvalue weighted by Crippen LogP contribution is -2.31. The molecule has 1 aliphatic heterocycles. The Morgan fingerprint density at radius 1 is 0.971 bits per heavy atom. The SMILES string of the molecule is CN(C)c1ccc(C2C(C(=O)c3cc4ccccc4o3)=C(O)C(=O)N2c2ccc(F)c(F)c2)cc1. The molecule has 1 amide bonds. The first-order valence-corrected chi connectivity index (χ1v) is 10.8. The van der Waals surface area contributed by atoms with E-state index in [2.05, 4.69) is 0 Å². The standard InChI is InChI=1S/C27H20F2N2O4/c1-30(2)17-9-7-15(8-10-17)24-23(25(32)22-13-16-5-3-4-6-21(16)35-22)26(33)27(34)31(24)18-11-12-19(28)20(29)14-18/h3-14,24,33H,1-2H3. The van der Waals surface area contributed by atoms with Gasteiger partial charge in [-0.15, -0.1) is 0 Å². The number of para-hydroxylation sites is 1. The minimum atomic E-state index is -1.16. The summed E-state index contributed by atoms with van der Waals surface area (Å²) in [6, 6.07) is 17.4. The molecule has 4 aromatic rings. The van der Waals surface area contributed by atoms with E-state index in [1.54, 1.807) is 48.5 Å². The zero-order valence-electron chi connectivity index (χ0n) is 18.8. The number of carbonyl (C=O) groups is 2. The summed E-state index contributed by atoms with van der Waals surface area (Å²) in [7, 11) is 3.73. The lowest BCUT2D eigenvalue weighted by molar-refractivity contribution is -0.117. The quantitative estimate of drug-likeness (QED) is 0.384. The maximum Gasteiger partial charge on any atom is 0.294 e. The fraction of sp³-hybridized carbons (Fsp3) is 0.111. The van der Waals surface area contributed by atoms with Crippen molar-refractivity contribution in [1.29, 1.82) is 0 Å². The number of aliphatic hydroxyl groups excluding tert-OH is 1. The number of halogens is 2. The maximum absolute atomic E-state index is 14.1. The van der Waals surface area contributed by atoms with Crippen molar-refractivity contribution in [2.24, 2.45) is 0 Å². The molecule has 2 heterocycles.